The number of nitrogens with zero attached hydrogens (tertiary/aromatic N) is 1. The molecule has 0 aliphatic carbocycles. The van der Waals surface area contributed by atoms with Gasteiger partial charge < -0.3 is 18.9 Å². The first-order chi connectivity index (χ1) is 13.5. The fourth-order valence-electron chi connectivity index (χ4n) is 3.01. The summed E-state index contributed by atoms with van der Waals surface area (Å²) < 4.78 is 21.5. The molecule has 1 fully saturated rings. The highest BCUT2D eigenvalue weighted by molar-refractivity contribution is 6.01. The first-order valence-corrected chi connectivity index (χ1v) is 8.44. The second-order valence-electron chi connectivity index (χ2n) is 6.06. The molecule has 1 N–H and O–H groups in total. The molecule has 0 spiro atoms. The smallest absolute Gasteiger partial charge is 0.269 e. The van der Waals surface area contributed by atoms with Crippen molar-refractivity contribution in [2.24, 2.45) is 0 Å². The van der Waals surface area contributed by atoms with Gasteiger partial charge in [-0.15, -0.1) is 0 Å². The Kier molecular flexibility index (Phi) is 5.76. The minimum absolute atomic E-state index is 0.00760. The Bertz CT molecular complexity index is 857. The van der Waals surface area contributed by atoms with Gasteiger partial charge in [0.25, 0.3) is 5.69 Å². The molecule has 148 valence electrons. The Morgan fingerprint density at radius 3 is 2.21 bits per heavy atom. The summed E-state index contributed by atoms with van der Waals surface area (Å²) in [6.07, 6.45) is -0.531. The van der Waals surface area contributed by atoms with Crippen LogP contribution in [0, 0.1) is 10.1 Å². The van der Waals surface area contributed by atoms with Crippen molar-refractivity contribution in [3.8, 4) is 17.2 Å². The molecule has 9 heteroatoms. The van der Waals surface area contributed by atoms with Crippen molar-refractivity contribution in [3.05, 3.63) is 57.6 Å². The van der Waals surface area contributed by atoms with Crippen molar-refractivity contribution in [1.82, 2.24) is 5.32 Å². The maximum absolute atomic E-state index is 12.9. The van der Waals surface area contributed by atoms with Gasteiger partial charge >= 0.3 is 0 Å². The van der Waals surface area contributed by atoms with Crippen molar-refractivity contribution in [3.63, 3.8) is 0 Å². The van der Waals surface area contributed by atoms with E-state index in [9.17, 15) is 14.9 Å². The van der Waals surface area contributed by atoms with Gasteiger partial charge in [0.1, 0.15) is 6.23 Å². The Morgan fingerprint density at radius 1 is 1.11 bits per heavy atom. The van der Waals surface area contributed by atoms with Gasteiger partial charge in [0.2, 0.25) is 5.75 Å². The lowest BCUT2D eigenvalue weighted by molar-refractivity contribution is -0.384. The van der Waals surface area contributed by atoms with Crippen LogP contribution >= 0.6 is 0 Å². The molecule has 0 saturated carbocycles. The van der Waals surface area contributed by atoms with Gasteiger partial charge in [0.15, 0.2) is 17.3 Å². The number of nitrogens with one attached hydrogen (secondary N) is 1. The Morgan fingerprint density at radius 2 is 1.71 bits per heavy atom. The van der Waals surface area contributed by atoms with E-state index in [1.807, 2.05) is 0 Å². The fourth-order valence-corrected chi connectivity index (χ4v) is 3.01. The quantitative estimate of drug-likeness (QED) is 0.438. The summed E-state index contributed by atoms with van der Waals surface area (Å²) in [5.74, 6) is 0.983. The zero-order valence-electron chi connectivity index (χ0n) is 15.6. The van der Waals surface area contributed by atoms with E-state index in [1.54, 1.807) is 24.3 Å². The van der Waals surface area contributed by atoms with Crippen LogP contribution in [-0.2, 0) is 4.74 Å². The third-order valence-corrected chi connectivity index (χ3v) is 4.45. The monoisotopic (exact) mass is 388 g/mol. The lowest BCUT2D eigenvalue weighted by Gasteiger charge is -2.15. The highest BCUT2D eigenvalue weighted by atomic mass is 16.6. The van der Waals surface area contributed by atoms with Gasteiger partial charge in [-0.3, -0.25) is 20.2 Å². The molecular weight excluding hydrogens is 368 g/mol. The number of ether oxygens (including phenoxy) is 4. The minimum Gasteiger partial charge on any atom is -0.493 e. The van der Waals surface area contributed by atoms with E-state index < -0.39 is 17.2 Å². The van der Waals surface area contributed by atoms with Crippen molar-refractivity contribution in [2.75, 3.05) is 27.9 Å². The molecule has 9 nitrogen and oxygen atoms in total. The number of rotatable bonds is 7. The number of nitro groups is 1. The molecule has 2 aromatic rings. The van der Waals surface area contributed by atoms with Crippen molar-refractivity contribution < 1.29 is 28.7 Å². The molecule has 0 aromatic heterocycles. The third-order valence-electron chi connectivity index (χ3n) is 4.45. The van der Waals surface area contributed by atoms with Crippen LogP contribution in [0.3, 0.4) is 0 Å². The first-order valence-electron chi connectivity index (χ1n) is 8.44. The van der Waals surface area contributed by atoms with Crippen molar-refractivity contribution in [1.29, 1.82) is 0 Å². The lowest BCUT2D eigenvalue weighted by Crippen LogP contribution is -2.34. The highest BCUT2D eigenvalue weighted by Crippen LogP contribution is 2.38. The van der Waals surface area contributed by atoms with Gasteiger partial charge in [-0.05, 0) is 29.8 Å². The number of carbonyl (C=O) groups is 1. The van der Waals surface area contributed by atoms with E-state index in [4.69, 9.17) is 18.9 Å². The molecule has 1 aliphatic rings. The summed E-state index contributed by atoms with van der Waals surface area (Å²) in [6, 6.07) is 8.59. The number of hydrogen-bond donors (Lipinski definition) is 1. The zero-order chi connectivity index (χ0) is 20.3. The number of non-ortho nitro benzene ring substituents is 1. The zero-order valence-corrected chi connectivity index (χ0v) is 15.6. The summed E-state index contributed by atoms with van der Waals surface area (Å²) in [7, 11) is 4.45. The van der Waals surface area contributed by atoms with Crippen LogP contribution in [-0.4, -0.2) is 44.7 Å². The molecular formula is C19H20N2O7. The van der Waals surface area contributed by atoms with E-state index in [0.29, 0.717) is 28.4 Å². The first kappa shape index (κ1) is 19.6. The van der Waals surface area contributed by atoms with Crippen LogP contribution in [0.1, 0.15) is 22.1 Å². The number of nitro benzene ring substituents is 1. The maximum atomic E-state index is 12.9. The average Bonchev–Trinajstić information content (AvgIpc) is 3.22. The SMILES string of the molecule is COc1cc(C(=O)C2COC(c3ccc([N+](=O)[O-])cc3)N2)cc(OC)c1OC. The Hall–Kier alpha value is -3.17. The average molecular weight is 388 g/mol. The number of benzene rings is 2. The van der Waals surface area contributed by atoms with E-state index in [2.05, 4.69) is 5.32 Å². The molecule has 2 aromatic carbocycles. The van der Waals surface area contributed by atoms with Crippen molar-refractivity contribution >= 4 is 11.5 Å². The van der Waals surface area contributed by atoms with Crippen LogP contribution < -0.4 is 19.5 Å². The molecule has 0 radical (unpaired) electrons. The molecule has 1 aliphatic heterocycles. The van der Waals surface area contributed by atoms with Gasteiger partial charge in [0, 0.05) is 17.7 Å². The van der Waals surface area contributed by atoms with Crippen LogP contribution in [0.5, 0.6) is 17.2 Å². The van der Waals surface area contributed by atoms with Crippen LogP contribution in [0.25, 0.3) is 0 Å². The molecule has 1 saturated heterocycles. The molecule has 2 atom stereocenters. The van der Waals surface area contributed by atoms with Gasteiger partial charge in [0.05, 0.1) is 38.9 Å². The number of Topliss-reactive ketones (excluding diaryl/α,β-unsaturated/α-hetero) is 1. The van der Waals surface area contributed by atoms with Crippen LogP contribution in [0.15, 0.2) is 36.4 Å². The van der Waals surface area contributed by atoms with Gasteiger partial charge in [-0.25, -0.2) is 0 Å². The predicted octanol–water partition coefficient (Wildman–Crippen LogP) is 2.49. The Balaban J connectivity index is 1.78. The van der Waals surface area contributed by atoms with Gasteiger partial charge in [-0.2, -0.15) is 0 Å². The van der Waals surface area contributed by atoms with E-state index in [-0.39, 0.29) is 18.1 Å². The van der Waals surface area contributed by atoms with E-state index >= 15 is 0 Å². The predicted molar refractivity (Wildman–Crippen MR) is 99.1 cm³/mol. The Labute approximate surface area is 161 Å². The second kappa shape index (κ2) is 8.24. The van der Waals surface area contributed by atoms with Gasteiger partial charge in [-0.1, -0.05) is 0 Å². The van der Waals surface area contributed by atoms with Crippen LogP contribution in [0.4, 0.5) is 5.69 Å². The molecule has 2 unspecified atom stereocenters. The number of hydrogen-bond acceptors (Lipinski definition) is 8. The lowest BCUT2D eigenvalue weighted by atomic mass is 10.0. The standard InChI is InChI=1S/C19H20N2O7/c1-25-15-8-12(9-16(26-2)18(15)27-3)17(22)14-10-28-19(20-14)11-4-6-13(7-5-11)21(23)24/h4-9,14,19-20H,10H2,1-3H3. The normalized spacial score (nSPS) is 18.5. The second-order valence-corrected chi connectivity index (χ2v) is 6.06. The number of ketones is 1. The molecule has 28 heavy (non-hydrogen) atoms. The number of methoxy groups -OCH3 is 3. The summed E-state index contributed by atoms with van der Waals surface area (Å²) in [5.41, 5.74) is 1.08. The molecule has 1 heterocycles. The largest absolute Gasteiger partial charge is 0.493 e. The summed E-state index contributed by atoms with van der Waals surface area (Å²) in [6.45, 7) is 0.164. The molecule has 0 amide bonds. The summed E-state index contributed by atoms with van der Waals surface area (Å²) >= 11 is 0. The van der Waals surface area contributed by atoms with Crippen molar-refractivity contribution in [2.45, 2.75) is 12.3 Å². The highest BCUT2D eigenvalue weighted by Gasteiger charge is 2.32. The third kappa shape index (κ3) is 3.75. The summed E-state index contributed by atoms with van der Waals surface area (Å²) in [5, 5.41) is 13.9. The molecule has 0 bridgehead atoms. The van der Waals surface area contributed by atoms with Crippen LogP contribution in [0.2, 0.25) is 0 Å². The number of carbonyl (C=O) groups excluding carboxylic acids is 1. The molecule has 3 rings (SSSR count). The van der Waals surface area contributed by atoms with E-state index in [1.165, 1.54) is 33.5 Å². The fraction of sp³-hybridized carbons (Fsp3) is 0.316. The topological polar surface area (TPSA) is 109 Å². The van der Waals surface area contributed by atoms with E-state index in [0.717, 1.165) is 0 Å². The summed E-state index contributed by atoms with van der Waals surface area (Å²) in [4.78, 5) is 23.2. The minimum atomic E-state index is -0.581. The maximum Gasteiger partial charge on any atom is 0.269 e.